The van der Waals surface area contributed by atoms with E-state index in [1.54, 1.807) is 5.43 Å². The number of amidine groups is 1. The first-order valence-electron chi connectivity index (χ1n) is 10.1. The first-order chi connectivity index (χ1) is 13.8. The van der Waals surface area contributed by atoms with Crippen molar-refractivity contribution < 1.29 is 14.2 Å². The van der Waals surface area contributed by atoms with E-state index in [0.717, 1.165) is 11.3 Å². The molecule has 156 valence electrons. The van der Waals surface area contributed by atoms with Gasteiger partial charge in [0.2, 0.25) is 0 Å². The number of nitrogens with two attached hydrogens (primary N) is 1. The van der Waals surface area contributed by atoms with Crippen LogP contribution >= 0.6 is 0 Å². The fraction of sp³-hybridized carbons (Fsp3) is 0.550. The number of hydrogen-bond acceptors (Lipinski definition) is 6. The summed E-state index contributed by atoms with van der Waals surface area (Å²) in [5, 5.41) is 10.7. The van der Waals surface area contributed by atoms with E-state index in [4.69, 9.17) is 0 Å². The number of piperidine rings is 1. The van der Waals surface area contributed by atoms with Crippen molar-refractivity contribution in [3.8, 4) is 0 Å². The van der Waals surface area contributed by atoms with Crippen LogP contribution in [0.25, 0.3) is 0 Å². The van der Waals surface area contributed by atoms with Crippen molar-refractivity contribution in [3.63, 3.8) is 0 Å². The van der Waals surface area contributed by atoms with Crippen molar-refractivity contribution in [2.45, 2.75) is 51.2 Å². The summed E-state index contributed by atoms with van der Waals surface area (Å²) in [6.45, 7) is 11.9. The summed E-state index contributed by atoms with van der Waals surface area (Å²) in [5.74, 6) is 0.669. The molecule has 0 aromatic carbocycles. The fourth-order valence-corrected chi connectivity index (χ4v) is 4.27. The van der Waals surface area contributed by atoms with Crippen molar-refractivity contribution in [2.75, 3.05) is 25.0 Å². The van der Waals surface area contributed by atoms with Crippen LogP contribution in [0.4, 0.5) is 14.6 Å². The predicted molar refractivity (Wildman–Crippen MR) is 107 cm³/mol. The van der Waals surface area contributed by atoms with Gasteiger partial charge in [-0.1, -0.05) is 18.6 Å². The van der Waals surface area contributed by atoms with Crippen molar-refractivity contribution in [3.05, 3.63) is 41.4 Å². The summed E-state index contributed by atoms with van der Waals surface area (Å²) < 4.78 is 29.8. The molecule has 3 aliphatic rings. The molecule has 0 bridgehead atoms. The number of halogens is 2. The molecule has 29 heavy (non-hydrogen) atoms. The molecule has 0 saturated carbocycles. The number of hydrogen-bond donors (Lipinski definition) is 3. The monoisotopic (exact) mass is 404 g/mol. The number of alkyl halides is 1. The van der Waals surface area contributed by atoms with E-state index in [-0.39, 0.29) is 5.82 Å². The minimum absolute atomic E-state index is 0.105. The number of anilines is 1. The maximum atomic E-state index is 15.6. The highest BCUT2D eigenvalue weighted by Crippen LogP contribution is 2.42. The Hall–Kier alpha value is -2.39. The van der Waals surface area contributed by atoms with E-state index < -0.39 is 17.0 Å². The van der Waals surface area contributed by atoms with Crippen LogP contribution in [0, 0.1) is 5.82 Å². The van der Waals surface area contributed by atoms with E-state index in [9.17, 15) is 4.39 Å². The lowest BCUT2D eigenvalue weighted by Gasteiger charge is -2.42. The third kappa shape index (κ3) is 3.32. The lowest BCUT2D eigenvalue weighted by molar-refractivity contribution is -0.616. The van der Waals surface area contributed by atoms with Crippen LogP contribution in [0.3, 0.4) is 0 Å². The second-order valence-corrected chi connectivity index (χ2v) is 8.27. The third-order valence-electron chi connectivity index (χ3n) is 6.17. The average Bonchev–Trinajstić information content (AvgIpc) is 3.22. The number of quaternary nitrogens is 1. The Bertz CT molecular complexity index is 900. The number of aromatic nitrogens is 2. The van der Waals surface area contributed by atoms with Gasteiger partial charge in [0, 0.05) is 12.1 Å². The van der Waals surface area contributed by atoms with Gasteiger partial charge in [-0.3, -0.25) is 0 Å². The molecule has 0 aliphatic carbocycles. The van der Waals surface area contributed by atoms with Gasteiger partial charge in [0.25, 0.3) is 0 Å². The fourth-order valence-electron chi connectivity index (χ4n) is 4.27. The Morgan fingerprint density at radius 3 is 2.79 bits per heavy atom. The highest BCUT2D eigenvalue weighted by Gasteiger charge is 2.51. The van der Waals surface area contributed by atoms with Gasteiger partial charge in [0.1, 0.15) is 11.4 Å². The predicted octanol–water partition coefficient (Wildman–Crippen LogP) is 1.43. The highest BCUT2D eigenvalue weighted by atomic mass is 19.1. The van der Waals surface area contributed by atoms with Gasteiger partial charge >= 0.3 is 0 Å². The van der Waals surface area contributed by atoms with Gasteiger partial charge in [0.05, 0.1) is 18.3 Å². The number of nitrogens with zero attached hydrogens (tertiary/aromatic N) is 4. The van der Waals surface area contributed by atoms with Crippen LogP contribution in [-0.2, 0) is 6.42 Å². The molecule has 1 saturated heterocycles. The number of nitrogens with one attached hydrogen (secondary N) is 2. The second-order valence-electron chi connectivity index (χ2n) is 8.27. The Morgan fingerprint density at radius 2 is 2.10 bits per heavy atom. The molecule has 1 aromatic heterocycles. The Kier molecular flexibility index (Phi) is 4.90. The number of aryl methyl sites for hydroxylation is 1. The Balaban J connectivity index is 1.57. The first kappa shape index (κ1) is 19.9. The first-order valence-corrected chi connectivity index (χ1v) is 10.1. The largest absolute Gasteiger partial charge is 0.353 e. The van der Waals surface area contributed by atoms with Crippen LogP contribution in [0.5, 0.6) is 0 Å². The van der Waals surface area contributed by atoms with Crippen molar-refractivity contribution in [1.29, 1.82) is 0 Å². The highest BCUT2D eigenvalue weighted by molar-refractivity contribution is 6.09. The summed E-state index contributed by atoms with van der Waals surface area (Å²) >= 11 is 0. The van der Waals surface area contributed by atoms with Crippen molar-refractivity contribution in [2.24, 2.45) is 5.10 Å². The van der Waals surface area contributed by atoms with E-state index in [1.165, 1.54) is 6.20 Å². The van der Waals surface area contributed by atoms with E-state index in [2.05, 4.69) is 32.3 Å². The molecule has 9 heteroatoms. The van der Waals surface area contributed by atoms with Crippen LogP contribution < -0.4 is 16.1 Å². The molecule has 0 spiro atoms. The Morgan fingerprint density at radius 1 is 1.38 bits per heavy atom. The van der Waals surface area contributed by atoms with Gasteiger partial charge in [0.15, 0.2) is 28.8 Å². The lowest BCUT2D eigenvalue weighted by Crippen LogP contribution is -2.79. The van der Waals surface area contributed by atoms with E-state index in [1.807, 2.05) is 25.7 Å². The average molecular weight is 404 g/mol. The zero-order chi connectivity index (χ0) is 20.8. The van der Waals surface area contributed by atoms with Crippen LogP contribution in [0.2, 0.25) is 0 Å². The standard InChI is InChI=1S/C20H27F2N7/c1-5-15-24-10-14(21)18(25-15)26-17-13-11-29(19(3,4)16(13)27-28-17)12(2)20(22)6-8-23-9-7-20/h10,23H,2,5-9,11H2,1,3-4H3,(H2,24,25,26,27,28)/p+1. The number of allylic oxidation sites excluding steroid dienone is 1. The second kappa shape index (κ2) is 7.14. The normalized spacial score (nSPS) is 22.5. The zero-order valence-corrected chi connectivity index (χ0v) is 17.1. The molecule has 4 N–H and O–H groups in total. The molecule has 0 radical (unpaired) electrons. The van der Waals surface area contributed by atoms with Crippen LogP contribution in [0.1, 0.15) is 39.4 Å². The molecule has 1 aromatic rings. The van der Waals surface area contributed by atoms with Gasteiger partial charge in [-0.05, 0) is 39.8 Å². The smallest absolute Gasteiger partial charge is 0.198 e. The molecule has 4 rings (SSSR count). The minimum atomic E-state index is -1.41. The molecule has 4 heterocycles. The van der Waals surface area contributed by atoms with Crippen molar-refractivity contribution in [1.82, 2.24) is 20.2 Å². The molecule has 3 aliphatic heterocycles. The molecule has 0 unspecified atom stereocenters. The SMILES string of the molecule is C=C(N1CC2=C([NH2+]N=C2Nc2nc(CC)ncc2F)C1(C)C)C1(F)CCNCC1. The maximum Gasteiger partial charge on any atom is 0.198 e. The summed E-state index contributed by atoms with van der Waals surface area (Å²) in [7, 11) is 0. The summed E-state index contributed by atoms with van der Waals surface area (Å²) in [6, 6.07) is 0. The summed E-state index contributed by atoms with van der Waals surface area (Å²) in [5.41, 5.74) is 2.32. The molecule has 0 amide bonds. The van der Waals surface area contributed by atoms with Gasteiger partial charge in [-0.15, -0.1) is 0 Å². The van der Waals surface area contributed by atoms with Crippen LogP contribution in [-0.4, -0.2) is 51.5 Å². The number of rotatable bonds is 4. The Labute approximate surface area is 169 Å². The third-order valence-corrected chi connectivity index (χ3v) is 6.17. The lowest BCUT2D eigenvalue weighted by atomic mass is 9.88. The maximum absolute atomic E-state index is 15.6. The zero-order valence-electron chi connectivity index (χ0n) is 17.1. The molecule has 7 nitrogen and oxygen atoms in total. The van der Waals surface area contributed by atoms with Gasteiger partial charge in [-0.2, -0.15) is 5.43 Å². The minimum Gasteiger partial charge on any atom is -0.353 e. The quantitative estimate of drug-likeness (QED) is 0.662. The van der Waals surface area contributed by atoms with Gasteiger partial charge < -0.3 is 15.5 Å². The molecule has 1 fully saturated rings. The van der Waals surface area contributed by atoms with Crippen LogP contribution in [0.15, 0.2) is 34.8 Å². The molecular weight excluding hydrogens is 376 g/mol. The van der Waals surface area contributed by atoms with E-state index in [0.29, 0.717) is 56.3 Å². The van der Waals surface area contributed by atoms with Crippen molar-refractivity contribution >= 4 is 11.7 Å². The van der Waals surface area contributed by atoms with E-state index >= 15 is 4.39 Å². The summed E-state index contributed by atoms with van der Waals surface area (Å²) in [4.78, 5) is 10.2. The molecule has 0 atom stereocenters. The summed E-state index contributed by atoms with van der Waals surface area (Å²) in [6.07, 6.45) is 2.60. The van der Waals surface area contributed by atoms with Gasteiger partial charge in [-0.25, -0.2) is 18.7 Å². The molecular formula is C20H28F2N7+. The topological polar surface area (TPSA) is 82.1 Å².